The van der Waals surface area contributed by atoms with Crippen LogP contribution in [0.2, 0.25) is 0 Å². The van der Waals surface area contributed by atoms with E-state index in [4.69, 9.17) is 0 Å². The summed E-state index contributed by atoms with van der Waals surface area (Å²) in [4.78, 5) is 1.94. The minimum absolute atomic E-state index is 0.261. The summed E-state index contributed by atoms with van der Waals surface area (Å²) in [7, 11) is 0. The molecule has 1 rings (SSSR count). The van der Waals surface area contributed by atoms with E-state index in [9.17, 15) is 8.78 Å². The fourth-order valence-corrected chi connectivity index (χ4v) is 1.45. The molecule has 2 nitrogen and oxygen atoms in total. The highest BCUT2D eigenvalue weighted by Crippen LogP contribution is 2.20. The van der Waals surface area contributed by atoms with Gasteiger partial charge in [-0.3, -0.25) is 0 Å². The predicted octanol–water partition coefficient (Wildman–Crippen LogP) is 2.87. The number of nitrogens with one attached hydrogen (secondary N) is 1. The Hall–Kier alpha value is -1.32. The molecule has 0 saturated heterocycles. The lowest BCUT2D eigenvalue weighted by Crippen LogP contribution is -2.35. The van der Waals surface area contributed by atoms with Crippen molar-refractivity contribution < 1.29 is 8.78 Å². The van der Waals surface area contributed by atoms with Crippen LogP contribution in [-0.2, 0) is 0 Å². The normalized spacial score (nSPS) is 16.8. The van der Waals surface area contributed by atoms with Crippen molar-refractivity contribution in [2.24, 2.45) is 0 Å². The van der Waals surface area contributed by atoms with Crippen LogP contribution in [0.5, 0.6) is 0 Å². The van der Waals surface area contributed by atoms with Crippen LogP contribution in [0.3, 0.4) is 0 Å². The monoisotopic (exact) mass is 228 g/mol. The van der Waals surface area contributed by atoms with Crippen LogP contribution >= 0.6 is 0 Å². The molecule has 1 N–H and O–H groups in total. The highest BCUT2D eigenvalue weighted by molar-refractivity contribution is 5.35. The molecule has 0 radical (unpaired) electrons. The SMILES string of the molecule is C=C1C(NCC(C)(F)F)=CC=CN1C(C)C. The number of rotatable bonds is 4. The summed E-state index contributed by atoms with van der Waals surface area (Å²) < 4.78 is 25.4. The van der Waals surface area contributed by atoms with Crippen molar-refractivity contribution in [1.29, 1.82) is 0 Å². The van der Waals surface area contributed by atoms with Gasteiger partial charge in [0.2, 0.25) is 0 Å². The van der Waals surface area contributed by atoms with E-state index in [0.717, 1.165) is 12.6 Å². The second-order valence-corrected chi connectivity index (χ2v) is 4.29. The Morgan fingerprint density at radius 2 is 2.12 bits per heavy atom. The van der Waals surface area contributed by atoms with Gasteiger partial charge in [0.15, 0.2) is 0 Å². The molecule has 0 saturated carbocycles. The van der Waals surface area contributed by atoms with Gasteiger partial charge >= 0.3 is 0 Å². The Morgan fingerprint density at radius 1 is 1.50 bits per heavy atom. The lowest BCUT2D eigenvalue weighted by Gasteiger charge is -2.31. The maximum Gasteiger partial charge on any atom is 0.262 e. The number of alkyl halides is 2. The number of allylic oxidation sites excluding steroid dienone is 2. The predicted molar refractivity (Wildman–Crippen MR) is 62.0 cm³/mol. The van der Waals surface area contributed by atoms with E-state index in [0.29, 0.717) is 5.70 Å². The summed E-state index contributed by atoms with van der Waals surface area (Å²) in [6, 6.07) is 0.261. The lowest BCUT2D eigenvalue weighted by molar-refractivity contribution is 0.0251. The maximum atomic E-state index is 12.7. The van der Waals surface area contributed by atoms with Gasteiger partial charge in [0.05, 0.1) is 17.9 Å². The van der Waals surface area contributed by atoms with Gasteiger partial charge in [-0.15, -0.1) is 0 Å². The average molecular weight is 228 g/mol. The fourth-order valence-electron chi connectivity index (χ4n) is 1.45. The second kappa shape index (κ2) is 4.68. The van der Waals surface area contributed by atoms with Gasteiger partial charge in [0.1, 0.15) is 0 Å². The van der Waals surface area contributed by atoms with Crippen molar-refractivity contribution in [3.63, 3.8) is 0 Å². The van der Waals surface area contributed by atoms with Crippen LogP contribution < -0.4 is 5.32 Å². The van der Waals surface area contributed by atoms with Crippen molar-refractivity contribution >= 4 is 0 Å². The third-order valence-corrected chi connectivity index (χ3v) is 2.28. The number of halogens is 2. The van der Waals surface area contributed by atoms with Gasteiger partial charge in [0, 0.05) is 19.2 Å². The molecular formula is C12H18F2N2. The van der Waals surface area contributed by atoms with Crippen molar-refractivity contribution in [2.75, 3.05) is 6.54 Å². The zero-order valence-corrected chi connectivity index (χ0v) is 9.93. The van der Waals surface area contributed by atoms with Crippen molar-refractivity contribution in [2.45, 2.75) is 32.7 Å². The molecule has 1 heterocycles. The smallest absolute Gasteiger partial charge is 0.262 e. The van der Waals surface area contributed by atoms with Crippen LogP contribution in [0.25, 0.3) is 0 Å². The van der Waals surface area contributed by atoms with Gasteiger partial charge in [-0.2, -0.15) is 0 Å². The number of nitrogens with zero attached hydrogens (tertiary/aromatic N) is 1. The summed E-state index contributed by atoms with van der Waals surface area (Å²) in [6.45, 7) is 8.45. The molecular weight excluding hydrogens is 210 g/mol. The van der Waals surface area contributed by atoms with Crippen LogP contribution in [0.4, 0.5) is 8.78 Å². The minimum atomic E-state index is -2.72. The molecule has 0 spiro atoms. The third kappa shape index (κ3) is 3.36. The van der Waals surface area contributed by atoms with Crippen molar-refractivity contribution in [1.82, 2.24) is 10.2 Å². The van der Waals surface area contributed by atoms with E-state index >= 15 is 0 Å². The van der Waals surface area contributed by atoms with Gasteiger partial charge < -0.3 is 10.2 Å². The Kier molecular flexibility index (Phi) is 3.73. The molecule has 0 aromatic heterocycles. The molecule has 0 amide bonds. The summed E-state index contributed by atoms with van der Waals surface area (Å²) in [5.74, 6) is -2.72. The number of hydrogen-bond acceptors (Lipinski definition) is 2. The Balaban J connectivity index is 2.65. The van der Waals surface area contributed by atoms with Crippen LogP contribution in [0.15, 0.2) is 36.3 Å². The summed E-state index contributed by atoms with van der Waals surface area (Å²) in [5, 5.41) is 2.71. The largest absolute Gasteiger partial charge is 0.377 e. The Labute approximate surface area is 95.3 Å². The standard InChI is InChI=1S/C12H18F2N2/c1-9(2)16-7-5-6-11(10(16)3)15-8-12(4,13)14/h5-7,9,15H,3,8H2,1-2,4H3. The summed E-state index contributed by atoms with van der Waals surface area (Å²) in [5.41, 5.74) is 1.37. The second-order valence-electron chi connectivity index (χ2n) is 4.29. The maximum absolute atomic E-state index is 12.7. The first-order chi connectivity index (χ1) is 7.31. The first-order valence-electron chi connectivity index (χ1n) is 5.29. The van der Waals surface area contributed by atoms with Crippen molar-refractivity contribution in [3.8, 4) is 0 Å². The van der Waals surface area contributed by atoms with Gasteiger partial charge in [-0.25, -0.2) is 8.78 Å². The highest BCUT2D eigenvalue weighted by atomic mass is 19.3. The van der Waals surface area contributed by atoms with Crippen molar-refractivity contribution in [3.05, 3.63) is 36.3 Å². The first kappa shape index (κ1) is 12.7. The molecule has 0 aliphatic carbocycles. The zero-order valence-electron chi connectivity index (χ0n) is 9.93. The molecule has 1 aliphatic heterocycles. The molecule has 0 unspecified atom stereocenters. The first-order valence-corrected chi connectivity index (χ1v) is 5.29. The molecule has 0 aromatic rings. The van der Waals surface area contributed by atoms with E-state index in [1.54, 1.807) is 6.08 Å². The quantitative estimate of drug-likeness (QED) is 0.796. The van der Waals surface area contributed by atoms with E-state index in [-0.39, 0.29) is 12.6 Å². The van der Waals surface area contributed by atoms with Gasteiger partial charge in [0.25, 0.3) is 5.92 Å². The molecule has 0 atom stereocenters. The molecule has 4 heteroatoms. The van der Waals surface area contributed by atoms with Crippen LogP contribution in [0, 0.1) is 0 Å². The third-order valence-electron chi connectivity index (χ3n) is 2.28. The van der Waals surface area contributed by atoms with Crippen LogP contribution in [0.1, 0.15) is 20.8 Å². The summed E-state index contributed by atoms with van der Waals surface area (Å²) >= 11 is 0. The molecule has 0 aromatic carbocycles. The topological polar surface area (TPSA) is 15.3 Å². The molecule has 0 bridgehead atoms. The minimum Gasteiger partial charge on any atom is -0.377 e. The highest BCUT2D eigenvalue weighted by Gasteiger charge is 2.23. The molecule has 1 aliphatic rings. The fraction of sp³-hybridized carbons (Fsp3) is 0.500. The lowest BCUT2D eigenvalue weighted by atomic mass is 10.2. The van der Waals surface area contributed by atoms with E-state index in [1.807, 2.05) is 31.0 Å². The number of hydrogen-bond donors (Lipinski definition) is 1. The molecule has 90 valence electrons. The van der Waals surface area contributed by atoms with Crippen LogP contribution in [-0.4, -0.2) is 23.4 Å². The Bertz CT molecular complexity index is 324. The van der Waals surface area contributed by atoms with E-state index < -0.39 is 5.92 Å². The van der Waals surface area contributed by atoms with Gasteiger partial charge in [-0.05, 0) is 26.0 Å². The molecule has 0 fully saturated rings. The molecule has 16 heavy (non-hydrogen) atoms. The Morgan fingerprint density at radius 3 is 2.62 bits per heavy atom. The average Bonchev–Trinajstić information content (AvgIpc) is 2.14. The van der Waals surface area contributed by atoms with E-state index in [2.05, 4.69) is 11.9 Å². The van der Waals surface area contributed by atoms with Gasteiger partial charge in [-0.1, -0.05) is 6.58 Å². The summed E-state index contributed by atoms with van der Waals surface area (Å²) in [6.07, 6.45) is 5.47. The van der Waals surface area contributed by atoms with E-state index in [1.165, 1.54) is 0 Å². The zero-order chi connectivity index (χ0) is 12.3.